The zero-order valence-electron chi connectivity index (χ0n) is 21.8. The van der Waals surface area contributed by atoms with Crippen LogP contribution in [0.2, 0.25) is 0 Å². The maximum atomic E-state index is 13.5. The third-order valence-corrected chi connectivity index (χ3v) is 6.75. The maximum Gasteiger partial charge on any atom is 0.254 e. The molecule has 5 rings (SSSR count). The fourth-order valence-electron chi connectivity index (χ4n) is 4.77. The quantitative estimate of drug-likeness (QED) is 0.345. The van der Waals surface area contributed by atoms with Gasteiger partial charge in [0.1, 0.15) is 6.54 Å². The van der Waals surface area contributed by atoms with Crippen LogP contribution in [0.3, 0.4) is 0 Å². The average molecular weight is 509 g/mol. The molecular formula is C31H32N4O3. The summed E-state index contributed by atoms with van der Waals surface area (Å²) in [7, 11) is 0. The predicted octanol–water partition coefficient (Wildman–Crippen LogP) is 5.42. The number of hydrogen-bond donors (Lipinski definition) is 1. The molecular weight excluding hydrogens is 476 g/mol. The minimum absolute atomic E-state index is 0.0743. The molecule has 7 heteroatoms. The molecule has 0 saturated carbocycles. The van der Waals surface area contributed by atoms with Crippen LogP contribution in [0.1, 0.15) is 34.3 Å². The molecule has 1 fully saturated rings. The standard InChI is InChI=1S/C31H32N4O3/c1-22-10-8-14-25(18-22)35-20-28(24-12-4-3-5-13-24)32-31(35)33-29(36)21-34(19-26-15-9-17-38-26)30(37)27-16-7-6-11-23(27)2/h3-8,10-14,16,18,20,26H,9,15,17,19,21H2,1-2H3,(H,32,33,36). The zero-order valence-corrected chi connectivity index (χ0v) is 21.8. The number of hydrogen-bond acceptors (Lipinski definition) is 4. The molecule has 2 amide bonds. The first-order chi connectivity index (χ1) is 18.5. The number of carbonyl (C=O) groups is 2. The van der Waals surface area contributed by atoms with E-state index in [0.29, 0.717) is 24.7 Å². The van der Waals surface area contributed by atoms with E-state index in [9.17, 15) is 9.59 Å². The van der Waals surface area contributed by atoms with Crippen molar-refractivity contribution in [3.63, 3.8) is 0 Å². The summed E-state index contributed by atoms with van der Waals surface area (Å²) in [6.45, 7) is 4.87. The second-order valence-corrected chi connectivity index (χ2v) is 9.71. The van der Waals surface area contributed by atoms with Crippen LogP contribution in [-0.2, 0) is 9.53 Å². The molecule has 1 unspecified atom stereocenters. The van der Waals surface area contributed by atoms with Crippen LogP contribution in [0.4, 0.5) is 5.95 Å². The molecule has 7 nitrogen and oxygen atoms in total. The lowest BCUT2D eigenvalue weighted by atomic mass is 10.1. The number of nitrogens with zero attached hydrogens (tertiary/aromatic N) is 3. The van der Waals surface area contributed by atoms with Gasteiger partial charge in [0, 0.05) is 36.2 Å². The number of nitrogens with one attached hydrogen (secondary N) is 1. The first kappa shape index (κ1) is 25.4. The van der Waals surface area contributed by atoms with E-state index in [4.69, 9.17) is 9.72 Å². The van der Waals surface area contributed by atoms with Crippen molar-refractivity contribution in [1.82, 2.24) is 14.5 Å². The summed E-state index contributed by atoms with van der Waals surface area (Å²) in [6.07, 6.45) is 3.67. The molecule has 0 aliphatic carbocycles. The molecule has 0 radical (unpaired) electrons. The van der Waals surface area contributed by atoms with Crippen LogP contribution >= 0.6 is 0 Å². The number of rotatable bonds is 8. The molecule has 1 aliphatic rings. The van der Waals surface area contributed by atoms with Gasteiger partial charge in [0.25, 0.3) is 5.91 Å². The smallest absolute Gasteiger partial charge is 0.254 e. The number of ether oxygens (including phenoxy) is 1. The van der Waals surface area contributed by atoms with Crippen molar-refractivity contribution in [1.29, 1.82) is 0 Å². The molecule has 38 heavy (non-hydrogen) atoms. The highest BCUT2D eigenvalue weighted by atomic mass is 16.5. The monoisotopic (exact) mass is 508 g/mol. The summed E-state index contributed by atoms with van der Waals surface area (Å²) in [5.41, 5.74) is 5.14. The van der Waals surface area contributed by atoms with Crippen molar-refractivity contribution < 1.29 is 14.3 Å². The van der Waals surface area contributed by atoms with Crippen molar-refractivity contribution in [2.75, 3.05) is 25.0 Å². The Morgan fingerprint density at radius 3 is 2.55 bits per heavy atom. The SMILES string of the molecule is Cc1cccc(-n2cc(-c3ccccc3)nc2NC(=O)CN(CC2CCCO2)C(=O)c2ccccc2C)c1. The first-order valence-electron chi connectivity index (χ1n) is 13.0. The lowest BCUT2D eigenvalue weighted by Gasteiger charge is -2.25. The number of benzene rings is 3. The lowest BCUT2D eigenvalue weighted by molar-refractivity contribution is -0.117. The van der Waals surface area contributed by atoms with Crippen LogP contribution < -0.4 is 5.32 Å². The van der Waals surface area contributed by atoms with Crippen LogP contribution in [0.5, 0.6) is 0 Å². The summed E-state index contributed by atoms with van der Waals surface area (Å²) in [6, 6.07) is 25.3. The Labute approximate surface area is 223 Å². The van der Waals surface area contributed by atoms with Crippen molar-refractivity contribution in [3.05, 3.63) is 102 Å². The van der Waals surface area contributed by atoms with Gasteiger partial charge in [0.05, 0.1) is 11.8 Å². The number of anilines is 1. The molecule has 1 N–H and O–H groups in total. The number of aromatic nitrogens is 2. The third-order valence-electron chi connectivity index (χ3n) is 6.75. The summed E-state index contributed by atoms with van der Waals surface area (Å²) in [5.74, 6) is -0.0929. The van der Waals surface area contributed by atoms with E-state index in [1.54, 1.807) is 11.0 Å². The Hall–Kier alpha value is -4.23. The van der Waals surface area contributed by atoms with Gasteiger partial charge >= 0.3 is 0 Å². The van der Waals surface area contributed by atoms with Gasteiger partial charge in [-0.3, -0.25) is 19.5 Å². The van der Waals surface area contributed by atoms with E-state index >= 15 is 0 Å². The molecule has 1 aliphatic heterocycles. The van der Waals surface area contributed by atoms with Crippen LogP contribution in [0.25, 0.3) is 16.9 Å². The van der Waals surface area contributed by atoms with E-state index in [0.717, 1.165) is 40.9 Å². The molecule has 4 aromatic rings. The second kappa shape index (κ2) is 11.4. The summed E-state index contributed by atoms with van der Waals surface area (Å²) in [4.78, 5) is 33.3. The largest absolute Gasteiger partial charge is 0.376 e. The molecule has 1 saturated heterocycles. The predicted molar refractivity (Wildman–Crippen MR) is 148 cm³/mol. The Balaban J connectivity index is 1.42. The van der Waals surface area contributed by atoms with E-state index in [2.05, 4.69) is 5.32 Å². The Kier molecular flexibility index (Phi) is 7.65. The van der Waals surface area contributed by atoms with Gasteiger partial charge in [-0.1, -0.05) is 60.7 Å². The van der Waals surface area contributed by atoms with E-state index in [-0.39, 0.29) is 24.5 Å². The highest BCUT2D eigenvalue weighted by Crippen LogP contribution is 2.25. The van der Waals surface area contributed by atoms with Gasteiger partial charge in [0.2, 0.25) is 11.9 Å². The number of amides is 2. The van der Waals surface area contributed by atoms with Crippen molar-refractivity contribution in [3.8, 4) is 16.9 Å². The summed E-state index contributed by atoms with van der Waals surface area (Å²) in [5, 5.41) is 2.97. The third kappa shape index (κ3) is 5.84. The van der Waals surface area contributed by atoms with Crippen molar-refractivity contribution in [2.24, 2.45) is 0 Å². The van der Waals surface area contributed by atoms with Gasteiger partial charge in [-0.05, 0) is 56.0 Å². The Morgan fingerprint density at radius 2 is 1.82 bits per heavy atom. The summed E-state index contributed by atoms with van der Waals surface area (Å²) >= 11 is 0. The first-order valence-corrected chi connectivity index (χ1v) is 13.0. The Morgan fingerprint density at radius 1 is 1.03 bits per heavy atom. The molecule has 0 bridgehead atoms. The van der Waals surface area contributed by atoms with Gasteiger partial charge < -0.3 is 9.64 Å². The molecule has 194 valence electrons. The van der Waals surface area contributed by atoms with Crippen LogP contribution in [0, 0.1) is 13.8 Å². The highest BCUT2D eigenvalue weighted by Gasteiger charge is 2.26. The topological polar surface area (TPSA) is 76.5 Å². The minimum atomic E-state index is -0.316. The average Bonchev–Trinajstić information content (AvgIpc) is 3.59. The van der Waals surface area contributed by atoms with Gasteiger partial charge in [-0.25, -0.2) is 4.98 Å². The minimum Gasteiger partial charge on any atom is -0.376 e. The van der Waals surface area contributed by atoms with Crippen LogP contribution in [0.15, 0.2) is 85.1 Å². The normalized spacial score (nSPS) is 14.8. The van der Waals surface area contributed by atoms with E-state index in [1.165, 1.54) is 0 Å². The fourth-order valence-corrected chi connectivity index (χ4v) is 4.77. The lowest BCUT2D eigenvalue weighted by Crippen LogP contribution is -2.42. The van der Waals surface area contributed by atoms with E-state index < -0.39 is 0 Å². The molecule has 0 spiro atoms. The molecule has 1 aromatic heterocycles. The second-order valence-electron chi connectivity index (χ2n) is 9.71. The molecule has 1 atom stereocenters. The summed E-state index contributed by atoms with van der Waals surface area (Å²) < 4.78 is 7.67. The molecule has 2 heterocycles. The number of carbonyl (C=O) groups excluding carboxylic acids is 2. The molecule has 3 aromatic carbocycles. The number of aryl methyl sites for hydroxylation is 2. The highest BCUT2D eigenvalue weighted by molar-refractivity contribution is 6.00. The van der Waals surface area contributed by atoms with Crippen molar-refractivity contribution >= 4 is 17.8 Å². The van der Waals surface area contributed by atoms with Crippen LogP contribution in [-0.4, -0.2) is 52.1 Å². The maximum absolute atomic E-state index is 13.5. The number of imidazole rings is 1. The van der Waals surface area contributed by atoms with Crippen molar-refractivity contribution in [2.45, 2.75) is 32.8 Å². The zero-order chi connectivity index (χ0) is 26.5. The van der Waals surface area contributed by atoms with Gasteiger partial charge in [-0.2, -0.15) is 0 Å². The Bertz CT molecular complexity index is 1420. The van der Waals surface area contributed by atoms with Gasteiger partial charge in [-0.15, -0.1) is 0 Å². The fraction of sp³-hybridized carbons (Fsp3) is 0.258. The van der Waals surface area contributed by atoms with Gasteiger partial charge in [0.15, 0.2) is 0 Å². The van der Waals surface area contributed by atoms with E-state index in [1.807, 2.05) is 97.4 Å².